The van der Waals surface area contributed by atoms with Crippen LogP contribution in [0.25, 0.3) is 0 Å². The summed E-state index contributed by atoms with van der Waals surface area (Å²) in [6.45, 7) is 8.57. The molecule has 2 heterocycles. The van der Waals surface area contributed by atoms with Crippen LogP contribution in [0.2, 0.25) is 0 Å². The molecule has 0 radical (unpaired) electrons. The number of unbranched alkanes of at least 4 members (excludes halogenated alkanes) is 1. The maximum atomic E-state index is 4.82. The largest absolute Gasteiger partial charge is 0.357 e. The lowest BCUT2D eigenvalue weighted by atomic mass is 10.2. The Bertz CT molecular complexity index is 348. The van der Waals surface area contributed by atoms with Gasteiger partial charge in [0.2, 0.25) is 0 Å². The lowest BCUT2D eigenvalue weighted by Gasteiger charge is -2.25. The molecule has 2 aliphatic rings. The summed E-state index contributed by atoms with van der Waals surface area (Å²) in [6, 6.07) is 0.695. The van der Waals surface area contributed by atoms with Gasteiger partial charge in [0.1, 0.15) is 0 Å². The Hall–Kier alpha value is -0.680. The minimum absolute atomic E-state index is 0.695. The third kappa shape index (κ3) is 5.22. The molecule has 0 spiro atoms. The van der Waals surface area contributed by atoms with Gasteiger partial charge in [0, 0.05) is 45.3 Å². The van der Waals surface area contributed by atoms with Crippen LogP contribution in [0.15, 0.2) is 17.1 Å². The van der Waals surface area contributed by atoms with Crippen molar-refractivity contribution in [2.24, 2.45) is 4.99 Å². The highest BCUT2D eigenvalue weighted by atomic mass is 32.2. The average molecular weight is 311 g/mol. The van der Waals surface area contributed by atoms with E-state index in [-0.39, 0.29) is 0 Å². The molecule has 1 N–H and O–H groups in total. The number of nitrogens with zero attached hydrogens (tertiary/aromatic N) is 3. The molecular weight excluding hydrogens is 280 g/mol. The minimum atomic E-state index is 0.695. The van der Waals surface area contributed by atoms with Crippen LogP contribution in [-0.2, 0) is 0 Å². The van der Waals surface area contributed by atoms with Crippen LogP contribution in [0.3, 0.4) is 0 Å². The summed E-state index contributed by atoms with van der Waals surface area (Å²) < 4.78 is 0. The lowest BCUT2D eigenvalue weighted by Crippen LogP contribution is -2.42. The zero-order valence-electron chi connectivity index (χ0n) is 13.6. The van der Waals surface area contributed by atoms with E-state index in [2.05, 4.69) is 40.4 Å². The smallest absolute Gasteiger partial charge is 0.193 e. The highest BCUT2D eigenvalue weighted by molar-refractivity contribution is 7.98. The number of nitrogens with one attached hydrogen (secondary N) is 1. The molecule has 1 atom stereocenters. The van der Waals surface area contributed by atoms with Crippen molar-refractivity contribution < 1.29 is 0 Å². The van der Waals surface area contributed by atoms with Gasteiger partial charge in [-0.2, -0.15) is 11.8 Å². The summed E-state index contributed by atoms with van der Waals surface area (Å²) in [5.74, 6) is 2.37. The van der Waals surface area contributed by atoms with Crippen molar-refractivity contribution in [3.8, 4) is 0 Å². The fraction of sp³-hybridized carbons (Fsp3) is 0.812. The molecule has 0 aromatic rings. The van der Waals surface area contributed by atoms with Gasteiger partial charge < -0.3 is 10.2 Å². The molecule has 2 aliphatic heterocycles. The van der Waals surface area contributed by atoms with Crippen LogP contribution in [0, 0.1) is 0 Å². The Morgan fingerprint density at radius 1 is 1.33 bits per heavy atom. The molecule has 5 heteroatoms. The zero-order chi connectivity index (χ0) is 14.9. The van der Waals surface area contributed by atoms with E-state index in [1.54, 1.807) is 0 Å². The van der Waals surface area contributed by atoms with Gasteiger partial charge in [-0.15, -0.1) is 0 Å². The lowest BCUT2D eigenvalue weighted by molar-refractivity contribution is 0.259. The second kappa shape index (κ2) is 9.36. The van der Waals surface area contributed by atoms with E-state index < -0.39 is 0 Å². The third-order valence-corrected chi connectivity index (χ3v) is 4.88. The second-order valence-electron chi connectivity index (χ2n) is 5.75. The number of hydrogen-bond donors (Lipinski definition) is 1. The van der Waals surface area contributed by atoms with Crippen molar-refractivity contribution in [1.82, 2.24) is 15.1 Å². The third-order valence-electron chi connectivity index (χ3n) is 4.18. The molecule has 1 unspecified atom stereocenters. The first kappa shape index (κ1) is 16.7. The molecule has 0 aromatic heterocycles. The Labute approximate surface area is 134 Å². The van der Waals surface area contributed by atoms with E-state index in [0.29, 0.717) is 6.04 Å². The molecular formula is C16H30N4S. The molecule has 0 aliphatic carbocycles. The number of likely N-dealkylation sites (tertiary alicyclic amines) is 1. The Kier molecular flexibility index (Phi) is 7.44. The van der Waals surface area contributed by atoms with Gasteiger partial charge in [-0.25, -0.2) is 0 Å². The van der Waals surface area contributed by atoms with Crippen molar-refractivity contribution in [2.75, 3.05) is 51.3 Å². The number of guanidine groups is 1. The number of aliphatic imine (C=N–C) groups is 1. The van der Waals surface area contributed by atoms with Crippen molar-refractivity contribution in [3.63, 3.8) is 0 Å². The van der Waals surface area contributed by atoms with Crippen LogP contribution in [0.1, 0.15) is 26.2 Å². The second-order valence-corrected chi connectivity index (χ2v) is 6.73. The quantitative estimate of drug-likeness (QED) is 0.337. The molecule has 2 rings (SSSR count). The molecule has 0 aromatic carbocycles. The van der Waals surface area contributed by atoms with Crippen LogP contribution in [0.4, 0.5) is 0 Å². The van der Waals surface area contributed by atoms with Gasteiger partial charge in [-0.1, -0.05) is 12.2 Å². The molecule has 1 fully saturated rings. The van der Waals surface area contributed by atoms with Gasteiger partial charge in [0.15, 0.2) is 5.96 Å². The Balaban J connectivity index is 1.79. The molecule has 120 valence electrons. The predicted octanol–water partition coefficient (Wildman–Crippen LogP) is 2.04. The van der Waals surface area contributed by atoms with Crippen LogP contribution in [0.5, 0.6) is 0 Å². The van der Waals surface area contributed by atoms with E-state index in [4.69, 9.17) is 4.99 Å². The standard InChI is InChI=1S/C16H30N4S/c1-3-17-16(18-9-4-7-13-21-2)20-12-8-15(14-20)19-10-5-6-11-19/h5-6,15H,3-4,7-14H2,1-2H3,(H,17,18). The maximum absolute atomic E-state index is 4.82. The van der Waals surface area contributed by atoms with Gasteiger partial charge >= 0.3 is 0 Å². The zero-order valence-corrected chi connectivity index (χ0v) is 14.4. The molecule has 0 bridgehead atoms. The SMILES string of the molecule is CCNC(=NCCCCSC)N1CCC(N2CC=CC2)C1. The van der Waals surface area contributed by atoms with Gasteiger partial charge in [-0.3, -0.25) is 9.89 Å². The monoisotopic (exact) mass is 310 g/mol. The van der Waals surface area contributed by atoms with Gasteiger partial charge in [0.05, 0.1) is 0 Å². The fourth-order valence-corrected chi connectivity index (χ4v) is 3.49. The van der Waals surface area contributed by atoms with E-state index in [0.717, 1.165) is 45.2 Å². The van der Waals surface area contributed by atoms with Gasteiger partial charge in [-0.05, 0) is 38.2 Å². The number of rotatable bonds is 7. The normalized spacial score (nSPS) is 23.2. The molecule has 21 heavy (non-hydrogen) atoms. The maximum Gasteiger partial charge on any atom is 0.193 e. The van der Waals surface area contributed by atoms with Crippen molar-refractivity contribution in [2.45, 2.75) is 32.2 Å². The summed E-state index contributed by atoms with van der Waals surface area (Å²) in [5.41, 5.74) is 0. The van der Waals surface area contributed by atoms with E-state index in [1.165, 1.54) is 25.0 Å². The Morgan fingerprint density at radius 2 is 2.14 bits per heavy atom. The van der Waals surface area contributed by atoms with E-state index in [9.17, 15) is 0 Å². The van der Waals surface area contributed by atoms with Crippen molar-refractivity contribution >= 4 is 17.7 Å². The highest BCUT2D eigenvalue weighted by Gasteiger charge is 2.29. The topological polar surface area (TPSA) is 30.9 Å². The first-order chi connectivity index (χ1) is 10.3. The van der Waals surface area contributed by atoms with Crippen molar-refractivity contribution in [3.05, 3.63) is 12.2 Å². The summed E-state index contributed by atoms with van der Waals surface area (Å²) >= 11 is 1.92. The summed E-state index contributed by atoms with van der Waals surface area (Å²) in [5, 5.41) is 3.46. The predicted molar refractivity (Wildman–Crippen MR) is 94.3 cm³/mol. The summed E-state index contributed by atoms with van der Waals surface area (Å²) in [4.78, 5) is 9.83. The first-order valence-electron chi connectivity index (χ1n) is 8.26. The minimum Gasteiger partial charge on any atom is -0.357 e. The summed E-state index contributed by atoms with van der Waals surface area (Å²) in [6.07, 6.45) is 10.5. The Morgan fingerprint density at radius 3 is 2.86 bits per heavy atom. The van der Waals surface area contributed by atoms with E-state index in [1.807, 2.05) is 11.8 Å². The highest BCUT2D eigenvalue weighted by Crippen LogP contribution is 2.17. The average Bonchev–Trinajstić information content (AvgIpc) is 3.16. The van der Waals surface area contributed by atoms with Gasteiger partial charge in [0.25, 0.3) is 0 Å². The first-order valence-corrected chi connectivity index (χ1v) is 9.65. The van der Waals surface area contributed by atoms with Crippen LogP contribution >= 0.6 is 11.8 Å². The number of thioether (sulfide) groups is 1. The summed E-state index contributed by atoms with van der Waals surface area (Å²) in [7, 11) is 0. The van der Waals surface area contributed by atoms with Crippen LogP contribution < -0.4 is 5.32 Å². The molecule has 0 amide bonds. The van der Waals surface area contributed by atoms with E-state index >= 15 is 0 Å². The molecule has 0 saturated carbocycles. The molecule has 4 nitrogen and oxygen atoms in total. The van der Waals surface area contributed by atoms with Crippen LogP contribution in [-0.4, -0.2) is 73.1 Å². The van der Waals surface area contributed by atoms with Crippen molar-refractivity contribution in [1.29, 1.82) is 0 Å². The number of hydrogen-bond acceptors (Lipinski definition) is 3. The molecule has 1 saturated heterocycles. The fourth-order valence-electron chi connectivity index (χ4n) is 2.99.